The minimum atomic E-state index is -0.463. The molecule has 0 saturated carbocycles. The Morgan fingerprint density at radius 2 is 1.90 bits per heavy atom. The molecule has 4 heteroatoms. The molecule has 20 heavy (non-hydrogen) atoms. The molecule has 1 saturated heterocycles. The highest BCUT2D eigenvalue weighted by Gasteiger charge is 2.24. The van der Waals surface area contributed by atoms with Crippen LogP contribution in [0, 0.1) is 0 Å². The quantitative estimate of drug-likeness (QED) is 0.899. The fourth-order valence-electron chi connectivity index (χ4n) is 2.45. The highest BCUT2D eigenvalue weighted by atomic mass is 16.5. The van der Waals surface area contributed by atoms with Gasteiger partial charge in [0, 0.05) is 13.1 Å². The number of benzene rings is 1. The van der Waals surface area contributed by atoms with Crippen molar-refractivity contribution in [3.63, 3.8) is 0 Å². The normalized spacial score (nSPS) is 17.9. The van der Waals surface area contributed by atoms with Crippen LogP contribution in [0.1, 0.15) is 44.8 Å². The van der Waals surface area contributed by atoms with Gasteiger partial charge in [0.05, 0.1) is 6.10 Å². The van der Waals surface area contributed by atoms with Crippen LogP contribution in [-0.2, 0) is 4.79 Å². The van der Waals surface area contributed by atoms with E-state index in [0.717, 1.165) is 31.5 Å². The fourth-order valence-corrected chi connectivity index (χ4v) is 2.45. The second-order valence-electron chi connectivity index (χ2n) is 5.29. The van der Waals surface area contributed by atoms with Gasteiger partial charge in [0.15, 0.2) is 6.10 Å². The molecule has 110 valence electrons. The van der Waals surface area contributed by atoms with E-state index in [2.05, 4.69) is 0 Å². The van der Waals surface area contributed by atoms with Gasteiger partial charge in [-0.1, -0.05) is 19.1 Å². The molecule has 2 rings (SSSR count). The predicted octanol–water partition coefficient (Wildman–Crippen LogP) is 2.52. The Bertz CT molecular complexity index is 438. The zero-order chi connectivity index (χ0) is 14.5. The van der Waals surface area contributed by atoms with Gasteiger partial charge in [-0.2, -0.15) is 0 Å². The van der Waals surface area contributed by atoms with Crippen LogP contribution in [0.25, 0.3) is 0 Å². The lowest BCUT2D eigenvalue weighted by atomic mass is 10.1. The van der Waals surface area contributed by atoms with E-state index >= 15 is 0 Å². The van der Waals surface area contributed by atoms with Gasteiger partial charge in [0.2, 0.25) is 0 Å². The van der Waals surface area contributed by atoms with Gasteiger partial charge in [-0.05, 0) is 43.9 Å². The van der Waals surface area contributed by atoms with Crippen LogP contribution in [0.5, 0.6) is 5.75 Å². The number of carbonyl (C=O) groups excluding carboxylic acids is 1. The molecule has 1 amide bonds. The molecule has 1 aromatic carbocycles. The van der Waals surface area contributed by atoms with E-state index in [9.17, 15) is 9.90 Å². The molecule has 1 heterocycles. The molecule has 1 N–H and O–H groups in total. The summed E-state index contributed by atoms with van der Waals surface area (Å²) in [6.45, 7) is 5.41. The minimum Gasteiger partial charge on any atom is -0.481 e. The first-order valence-corrected chi connectivity index (χ1v) is 7.35. The maximum absolute atomic E-state index is 12.1. The van der Waals surface area contributed by atoms with Crippen molar-refractivity contribution < 1.29 is 14.6 Å². The molecule has 0 aliphatic carbocycles. The number of aliphatic hydroxyl groups is 1. The number of amides is 1. The monoisotopic (exact) mass is 277 g/mol. The van der Waals surface area contributed by atoms with Crippen molar-refractivity contribution in [3.8, 4) is 5.75 Å². The standard InChI is InChI=1S/C16H23NO3/c1-3-15(18)13-6-8-14(9-7-13)20-12(2)16(19)17-10-4-5-11-17/h6-9,12,15,18H,3-5,10-11H2,1-2H3/t12?,15-/m1/s1. The Balaban J connectivity index is 1.93. The van der Waals surface area contributed by atoms with Crippen LogP contribution in [0.4, 0.5) is 0 Å². The third kappa shape index (κ3) is 3.51. The first-order valence-electron chi connectivity index (χ1n) is 7.35. The summed E-state index contributed by atoms with van der Waals surface area (Å²) in [6, 6.07) is 7.30. The summed E-state index contributed by atoms with van der Waals surface area (Å²) in [5.74, 6) is 0.720. The van der Waals surface area contributed by atoms with Crippen LogP contribution < -0.4 is 4.74 Å². The van der Waals surface area contributed by atoms with Gasteiger partial charge < -0.3 is 14.7 Å². The second-order valence-corrected chi connectivity index (χ2v) is 5.29. The van der Waals surface area contributed by atoms with Gasteiger partial charge >= 0.3 is 0 Å². The molecule has 2 atom stereocenters. The van der Waals surface area contributed by atoms with E-state index in [4.69, 9.17) is 4.74 Å². The number of likely N-dealkylation sites (tertiary alicyclic amines) is 1. The summed E-state index contributed by atoms with van der Waals surface area (Å²) in [6.07, 6.45) is 1.96. The Morgan fingerprint density at radius 1 is 1.30 bits per heavy atom. The molecule has 1 unspecified atom stereocenters. The largest absolute Gasteiger partial charge is 0.481 e. The van der Waals surface area contributed by atoms with E-state index in [-0.39, 0.29) is 5.91 Å². The molecule has 0 aromatic heterocycles. The summed E-state index contributed by atoms with van der Waals surface area (Å²) in [7, 11) is 0. The summed E-state index contributed by atoms with van der Waals surface area (Å²) in [5.41, 5.74) is 0.873. The number of rotatable bonds is 5. The third-order valence-electron chi connectivity index (χ3n) is 3.73. The molecule has 1 aromatic rings. The zero-order valence-corrected chi connectivity index (χ0v) is 12.2. The molecule has 0 radical (unpaired) electrons. The highest BCUT2D eigenvalue weighted by Crippen LogP contribution is 2.21. The van der Waals surface area contributed by atoms with Crippen LogP contribution in [-0.4, -0.2) is 35.1 Å². The average molecular weight is 277 g/mol. The molecule has 4 nitrogen and oxygen atoms in total. The molecular formula is C16H23NO3. The van der Waals surface area contributed by atoms with E-state index in [1.807, 2.05) is 36.1 Å². The van der Waals surface area contributed by atoms with Crippen LogP contribution in [0.3, 0.4) is 0 Å². The van der Waals surface area contributed by atoms with Crippen molar-refractivity contribution in [2.75, 3.05) is 13.1 Å². The van der Waals surface area contributed by atoms with Crippen molar-refractivity contribution in [1.29, 1.82) is 0 Å². The lowest BCUT2D eigenvalue weighted by molar-refractivity contribution is -0.136. The van der Waals surface area contributed by atoms with Crippen molar-refractivity contribution in [2.45, 2.75) is 45.3 Å². The van der Waals surface area contributed by atoms with Crippen LogP contribution in [0.2, 0.25) is 0 Å². The van der Waals surface area contributed by atoms with Crippen LogP contribution in [0.15, 0.2) is 24.3 Å². The Kier molecular flexibility index (Phi) is 5.01. The van der Waals surface area contributed by atoms with Gasteiger partial charge in [0.25, 0.3) is 5.91 Å². The van der Waals surface area contributed by atoms with Crippen molar-refractivity contribution in [1.82, 2.24) is 4.90 Å². The lowest BCUT2D eigenvalue weighted by Gasteiger charge is -2.21. The molecular weight excluding hydrogens is 254 g/mol. The lowest BCUT2D eigenvalue weighted by Crippen LogP contribution is -2.38. The van der Waals surface area contributed by atoms with Crippen molar-refractivity contribution in [3.05, 3.63) is 29.8 Å². The molecule has 0 spiro atoms. The minimum absolute atomic E-state index is 0.0557. The highest BCUT2D eigenvalue weighted by molar-refractivity contribution is 5.81. The molecule has 0 bridgehead atoms. The Labute approximate surface area is 120 Å². The summed E-state index contributed by atoms with van der Waals surface area (Å²) >= 11 is 0. The van der Waals surface area contributed by atoms with Gasteiger partial charge in [-0.25, -0.2) is 0 Å². The SMILES string of the molecule is CC[C@@H](O)c1ccc(OC(C)C(=O)N2CCCC2)cc1. The van der Waals surface area contributed by atoms with Gasteiger partial charge in [-0.15, -0.1) is 0 Å². The predicted molar refractivity (Wildman–Crippen MR) is 77.6 cm³/mol. The molecule has 1 aliphatic heterocycles. The number of hydrogen-bond acceptors (Lipinski definition) is 3. The molecule has 1 aliphatic rings. The number of carbonyl (C=O) groups is 1. The smallest absolute Gasteiger partial charge is 0.263 e. The topological polar surface area (TPSA) is 49.8 Å². The van der Waals surface area contributed by atoms with E-state index < -0.39 is 12.2 Å². The molecule has 1 fully saturated rings. The first-order chi connectivity index (χ1) is 9.61. The Morgan fingerprint density at radius 3 is 2.45 bits per heavy atom. The zero-order valence-electron chi connectivity index (χ0n) is 12.2. The summed E-state index contributed by atoms with van der Waals surface area (Å²) in [4.78, 5) is 14.0. The number of aliphatic hydroxyl groups excluding tert-OH is 1. The maximum Gasteiger partial charge on any atom is 0.263 e. The van der Waals surface area contributed by atoms with Crippen LogP contribution >= 0.6 is 0 Å². The van der Waals surface area contributed by atoms with Gasteiger partial charge in [-0.3, -0.25) is 4.79 Å². The number of nitrogens with zero attached hydrogens (tertiary/aromatic N) is 1. The van der Waals surface area contributed by atoms with Crippen molar-refractivity contribution >= 4 is 5.91 Å². The third-order valence-corrected chi connectivity index (χ3v) is 3.73. The van der Waals surface area contributed by atoms with Gasteiger partial charge in [0.1, 0.15) is 5.75 Å². The number of ether oxygens (including phenoxy) is 1. The summed E-state index contributed by atoms with van der Waals surface area (Å²) < 4.78 is 5.68. The van der Waals surface area contributed by atoms with E-state index in [1.165, 1.54) is 0 Å². The maximum atomic E-state index is 12.1. The Hall–Kier alpha value is -1.55. The van der Waals surface area contributed by atoms with E-state index in [0.29, 0.717) is 12.2 Å². The number of hydrogen-bond donors (Lipinski definition) is 1. The van der Waals surface area contributed by atoms with Crippen molar-refractivity contribution in [2.24, 2.45) is 0 Å². The second kappa shape index (κ2) is 6.75. The first kappa shape index (κ1) is 14.9. The average Bonchev–Trinajstić information content (AvgIpc) is 3.00. The fraction of sp³-hybridized carbons (Fsp3) is 0.562. The summed E-state index contributed by atoms with van der Waals surface area (Å²) in [5, 5.41) is 9.73. The van der Waals surface area contributed by atoms with E-state index in [1.54, 1.807) is 6.92 Å².